The van der Waals surface area contributed by atoms with Crippen LogP contribution in [0.1, 0.15) is 62.4 Å². The van der Waals surface area contributed by atoms with Gasteiger partial charge in [0.25, 0.3) is 0 Å². The highest BCUT2D eigenvalue weighted by Gasteiger charge is 2.29. The molecule has 4 aromatic rings. The smallest absolute Gasteiger partial charge is 0.323 e. The number of pyridine rings is 1. The molecule has 210 valence electrons. The van der Waals surface area contributed by atoms with Crippen LogP contribution in [0.25, 0.3) is 16.6 Å². The van der Waals surface area contributed by atoms with Crippen LogP contribution in [0.4, 0.5) is 4.39 Å². The number of hydrogen-bond donors (Lipinski definition) is 1. The first-order valence-electron chi connectivity index (χ1n) is 13.5. The molecule has 1 aromatic carbocycles. The summed E-state index contributed by atoms with van der Waals surface area (Å²) < 4.78 is 23.1. The molecule has 41 heavy (non-hydrogen) atoms. The van der Waals surface area contributed by atoms with Gasteiger partial charge in [-0.05, 0) is 62.8 Å². The number of carbonyl (C=O) groups excluding carboxylic acids is 1. The fourth-order valence-electron chi connectivity index (χ4n) is 5.19. The fraction of sp³-hybridized carbons (Fsp3) is 0.367. The molecule has 5 rings (SSSR count). The second-order valence-electron chi connectivity index (χ2n) is 10.6. The predicted octanol–water partition coefficient (Wildman–Crippen LogP) is 5.55. The molecule has 0 saturated heterocycles. The minimum absolute atomic E-state index is 0.0273. The number of fused-ring (bicyclic) bond motifs is 1. The normalized spacial score (nSPS) is 17.8. The van der Waals surface area contributed by atoms with Gasteiger partial charge in [0.05, 0.1) is 35.1 Å². The number of nitrogens with two attached hydrogens (primary N) is 1. The van der Waals surface area contributed by atoms with Crippen molar-refractivity contribution < 1.29 is 13.9 Å². The van der Waals surface area contributed by atoms with Gasteiger partial charge in [-0.15, -0.1) is 0 Å². The Morgan fingerprint density at radius 1 is 1.10 bits per heavy atom. The Morgan fingerprint density at radius 2 is 1.83 bits per heavy atom. The lowest BCUT2D eigenvalue weighted by Crippen LogP contribution is -2.39. The molecule has 1 aliphatic carbocycles. The topological polar surface area (TPSA) is 135 Å². The highest BCUT2D eigenvalue weighted by atomic mass is 32.2. The summed E-state index contributed by atoms with van der Waals surface area (Å²) in [6, 6.07) is 9.82. The minimum atomic E-state index is -0.613. The summed E-state index contributed by atoms with van der Waals surface area (Å²) in [6.45, 7) is 5.83. The first-order valence-corrected chi connectivity index (χ1v) is 14.3. The quantitative estimate of drug-likeness (QED) is 0.285. The zero-order valence-corrected chi connectivity index (χ0v) is 23.9. The number of halogens is 1. The molecule has 3 heterocycles. The number of ether oxygens (including phenoxy) is 1. The van der Waals surface area contributed by atoms with Crippen molar-refractivity contribution in [2.24, 2.45) is 11.7 Å². The van der Waals surface area contributed by atoms with Crippen LogP contribution in [0.15, 0.2) is 52.6 Å². The van der Waals surface area contributed by atoms with Crippen LogP contribution in [0, 0.1) is 41.3 Å². The third-order valence-corrected chi connectivity index (χ3v) is 8.70. The number of nitrogens with zero attached hydrogens (tertiary/aromatic N) is 6. The molecule has 2 N–H and O–H groups in total. The van der Waals surface area contributed by atoms with Crippen LogP contribution < -0.4 is 5.73 Å². The molecule has 0 bridgehead atoms. The van der Waals surface area contributed by atoms with E-state index in [9.17, 15) is 19.7 Å². The van der Waals surface area contributed by atoms with Crippen LogP contribution in [0.5, 0.6) is 0 Å². The monoisotopic (exact) mass is 571 g/mol. The van der Waals surface area contributed by atoms with Gasteiger partial charge in [-0.2, -0.15) is 20.7 Å². The van der Waals surface area contributed by atoms with Crippen LogP contribution in [-0.4, -0.2) is 37.5 Å². The lowest BCUT2D eigenvalue weighted by molar-refractivity contribution is -0.153. The lowest BCUT2D eigenvalue weighted by atomic mass is 9.92. The third-order valence-electron chi connectivity index (χ3n) is 7.60. The maximum absolute atomic E-state index is 13.8. The van der Waals surface area contributed by atoms with E-state index in [0.717, 1.165) is 42.5 Å². The van der Waals surface area contributed by atoms with E-state index in [-0.39, 0.29) is 29.6 Å². The van der Waals surface area contributed by atoms with Gasteiger partial charge in [-0.3, -0.25) is 9.48 Å². The van der Waals surface area contributed by atoms with E-state index < -0.39 is 11.9 Å². The Labute approximate surface area is 241 Å². The van der Waals surface area contributed by atoms with Gasteiger partial charge in [-0.25, -0.2) is 8.91 Å². The first kappa shape index (κ1) is 28.3. The molecule has 1 fully saturated rings. The molecule has 0 unspecified atom stereocenters. The summed E-state index contributed by atoms with van der Waals surface area (Å²) in [5.41, 5.74) is 9.93. The number of rotatable bonds is 7. The second kappa shape index (κ2) is 11.7. The number of esters is 1. The molecule has 0 aliphatic heterocycles. The summed E-state index contributed by atoms with van der Waals surface area (Å²) in [6.07, 6.45) is 8.18. The number of nitriles is 2. The van der Waals surface area contributed by atoms with Gasteiger partial charge in [0.2, 0.25) is 0 Å². The van der Waals surface area contributed by atoms with E-state index >= 15 is 0 Å². The fourth-order valence-corrected chi connectivity index (χ4v) is 6.26. The molecular weight excluding hydrogens is 541 g/mol. The lowest BCUT2D eigenvalue weighted by Gasteiger charge is -2.30. The number of carbonyl (C=O) groups is 1. The molecule has 11 heteroatoms. The average molecular weight is 572 g/mol. The van der Waals surface area contributed by atoms with Crippen molar-refractivity contribution in [3.05, 3.63) is 65.5 Å². The van der Waals surface area contributed by atoms with Gasteiger partial charge in [0.1, 0.15) is 30.1 Å². The van der Waals surface area contributed by atoms with Crippen molar-refractivity contribution in [2.75, 3.05) is 0 Å². The van der Waals surface area contributed by atoms with Crippen molar-refractivity contribution in [3.8, 4) is 23.3 Å². The van der Waals surface area contributed by atoms with E-state index in [4.69, 9.17) is 15.6 Å². The molecule has 1 atom stereocenters. The van der Waals surface area contributed by atoms with Gasteiger partial charge in [-0.1, -0.05) is 25.6 Å². The summed E-state index contributed by atoms with van der Waals surface area (Å²) in [4.78, 5) is 13.6. The van der Waals surface area contributed by atoms with Crippen LogP contribution in [0.2, 0.25) is 0 Å². The van der Waals surface area contributed by atoms with E-state index in [1.54, 1.807) is 10.6 Å². The Morgan fingerprint density at radius 3 is 2.51 bits per heavy atom. The molecule has 3 aromatic heterocycles. The van der Waals surface area contributed by atoms with Crippen molar-refractivity contribution in [3.63, 3.8) is 0 Å². The van der Waals surface area contributed by atoms with Crippen LogP contribution in [0.3, 0.4) is 0 Å². The SMILES string of the molecule is Cc1c(-c2cc(Sc3ccc(F)cc3C#N)c3c(C#N)cnn3c2)cnn1C1CCC(OC(=O)[C@@H](N)C(C)C)CC1. The molecule has 0 spiro atoms. The standard InChI is InChI=1S/C30H30FN7O2S/c1-17(2)28(34)30(39)40-24-7-5-23(6-8-24)38-18(3)25(15-36-38)20-11-27(29-21(13-33)14-35-37(29)16-20)41-26-9-4-22(31)10-19(26)12-32/h4,9-11,14-17,23-24,28H,5-8,34H2,1-3H3/t23?,24?,28-/m0/s1. The number of hydrogen-bond acceptors (Lipinski definition) is 8. The Bertz CT molecular complexity index is 1690. The van der Waals surface area contributed by atoms with Gasteiger partial charge < -0.3 is 10.5 Å². The zero-order chi connectivity index (χ0) is 29.3. The second-order valence-corrected chi connectivity index (χ2v) is 11.7. The van der Waals surface area contributed by atoms with Gasteiger partial charge in [0.15, 0.2) is 0 Å². The first-order chi connectivity index (χ1) is 19.7. The molecule has 1 saturated carbocycles. The van der Waals surface area contributed by atoms with Crippen LogP contribution in [-0.2, 0) is 9.53 Å². The molecule has 0 amide bonds. The minimum Gasteiger partial charge on any atom is -0.461 e. The van der Waals surface area contributed by atoms with E-state index in [0.29, 0.717) is 20.9 Å². The van der Waals surface area contributed by atoms with Crippen molar-refractivity contribution >= 4 is 23.2 Å². The van der Waals surface area contributed by atoms with Crippen molar-refractivity contribution in [1.82, 2.24) is 19.4 Å². The maximum Gasteiger partial charge on any atom is 0.323 e. The molecular formula is C30H30FN7O2S. The Hall–Kier alpha value is -4.19. The largest absolute Gasteiger partial charge is 0.461 e. The number of benzene rings is 1. The number of aromatic nitrogens is 4. The van der Waals surface area contributed by atoms with E-state index in [2.05, 4.69) is 17.2 Å². The summed E-state index contributed by atoms with van der Waals surface area (Å²) in [7, 11) is 0. The maximum atomic E-state index is 13.8. The van der Waals surface area contributed by atoms with Crippen molar-refractivity contribution in [2.45, 2.75) is 74.4 Å². The van der Waals surface area contributed by atoms with E-state index in [1.165, 1.54) is 30.1 Å². The molecule has 9 nitrogen and oxygen atoms in total. The van der Waals surface area contributed by atoms with Gasteiger partial charge >= 0.3 is 5.97 Å². The predicted molar refractivity (Wildman–Crippen MR) is 151 cm³/mol. The molecule has 0 radical (unpaired) electrons. The van der Waals surface area contributed by atoms with Crippen molar-refractivity contribution in [1.29, 1.82) is 10.5 Å². The summed E-state index contributed by atoms with van der Waals surface area (Å²) in [5, 5.41) is 28.4. The van der Waals surface area contributed by atoms with E-state index in [1.807, 2.05) is 43.9 Å². The average Bonchev–Trinajstić information content (AvgIpc) is 3.57. The highest BCUT2D eigenvalue weighted by Crippen LogP contribution is 2.39. The third kappa shape index (κ3) is 5.69. The van der Waals surface area contributed by atoms with Gasteiger partial charge in [0, 0.05) is 32.8 Å². The highest BCUT2D eigenvalue weighted by molar-refractivity contribution is 7.99. The zero-order valence-electron chi connectivity index (χ0n) is 23.0. The Balaban J connectivity index is 1.41. The Kier molecular flexibility index (Phi) is 8.11. The summed E-state index contributed by atoms with van der Waals surface area (Å²) in [5.74, 6) is -0.800. The van der Waals surface area contributed by atoms with Crippen LogP contribution >= 0.6 is 11.8 Å². The summed E-state index contributed by atoms with van der Waals surface area (Å²) >= 11 is 1.29. The molecule has 1 aliphatic rings.